The summed E-state index contributed by atoms with van der Waals surface area (Å²) in [5.74, 6) is 0.345. The van der Waals surface area contributed by atoms with Crippen molar-refractivity contribution in [3.05, 3.63) is 28.0 Å². The second kappa shape index (κ2) is 3.42. The molecule has 0 unspecified atom stereocenters. The Bertz CT molecular complexity index is 238. The molecule has 1 nitrogen and oxygen atoms in total. The highest BCUT2D eigenvalue weighted by Gasteiger charge is 2.08. The lowest BCUT2D eigenvalue weighted by molar-refractivity contribution is 0.863. The van der Waals surface area contributed by atoms with Crippen LogP contribution < -0.4 is 0 Å². The number of aromatic nitrogens is 1. The lowest BCUT2D eigenvalue weighted by Crippen LogP contribution is -1.91. The molecule has 1 aromatic rings. The molecule has 0 radical (unpaired) electrons. The van der Waals surface area contributed by atoms with Crippen molar-refractivity contribution in [3.8, 4) is 0 Å². The van der Waals surface area contributed by atoms with Gasteiger partial charge in [-0.05, 0) is 11.5 Å². The molecule has 0 fully saturated rings. The lowest BCUT2D eigenvalue weighted by Gasteiger charge is -2.08. The molecular formula is C8H9Cl2N. The standard InChI is InChI=1S/C8H9Cl2N/c1-5(2)8-6(9)3-11-4-7(8)10/h3-5H,1-2H3. The predicted molar refractivity (Wildman–Crippen MR) is 48.3 cm³/mol. The molecule has 0 spiro atoms. The molecule has 0 aliphatic carbocycles. The quantitative estimate of drug-likeness (QED) is 0.660. The molecule has 0 saturated heterocycles. The molecular weight excluding hydrogens is 181 g/mol. The Kier molecular flexibility index (Phi) is 2.74. The second-order valence-electron chi connectivity index (χ2n) is 2.67. The van der Waals surface area contributed by atoms with Gasteiger partial charge in [0.15, 0.2) is 0 Å². The monoisotopic (exact) mass is 189 g/mol. The highest BCUT2D eigenvalue weighted by atomic mass is 35.5. The van der Waals surface area contributed by atoms with Crippen molar-refractivity contribution in [3.63, 3.8) is 0 Å². The van der Waals surface area contributed by atoms with Crippen LogP contribution in [0.4, 0.5) is 0 Å². The first kappa shape index (κ1) is 8.82. The first-order chi connectivity index (χ1) is 5.13. The number of halogens is 2. The van der Waals surface area contributed by atoms with Gasteiger partial charge in [0.05, 0.1) is 10.0 Å². The van der Waals surface area contributed by atoms with Crippen LogP contribution in [0.3, 0.4) is 0 Å². The number of hydrogen-bond acceptors (Lipinski definition) is 1. The molecule has 0 bridgehead atoms. The van der Waals surface area contributed by atoms with Crippen LogP contribution in [0.25, 0.3) is 0 Å². The van der Waals surface area contributed by atoms with E-state index in [2.05, 4.69) is 4.98 Å². The highest BCUT2D eigenvalue weighted by molar-refractivity contribution is 6.35. The van der Waals surface area contributed by atoms with Crippen molar-refractivity contribution in [2.75, 3.05) is 0 Å². The largest absolute Gasteiger partial charge is 0.262 e. The maximum atomic E-state index is 5.88. The van der Waals surface area contributed by atoms with Crippen LogP contribution >= 0.6 is 23.2 Å². The fraction of sp³-hybridized carbons (Fsp3) is 0.375. The van der Waals surface area contributed by atoms with Gasteiger partial charge in [-0.1, -0.05) is 37.0 Å². The average molecular weight is 190 g/mol. The van der Waals surface area contributed by atoms with Crippen LogP contribution in [0, 0.1) is 0 Å². The third-order valence-corrected chi connectivity index (χ3v) is 2.07. The summed E-state index contributed by atoms with van der Waals surface area (Å²) in [5, 5.41) is 1.29. The van der Waals surface area contributed by atoms with E-state index in [1.54, 1.807) is 12.4 Å². The Morgan fingerprint density at radius 2 is 1.64 bits per heavy atom. The minimum absolute atomic E-state index is 0.345. The molecule has 3 heteroatoms. The number of rotatable bonds is 1. The fourth-order valence-corrected chi connectivity index (χ4v) is 1.77. The zero-order valence-electron chi connectivity index (χ0n) is 6.44. The fourth-order valence-electron chi connectivity index (χ4n) is 0.973. The molecule has 0 amide bonds. The average Bonchev–Trinajstić information content (AvgIpc) is 1.85. The summed E-state index contributed by atoms with van der Waals surface area (Å²) in [6, 6.07) is 0. The summed E-state index contributed by atoms with van der Waals surface area (Å²) in [6.07, 6.45) is 3.23. The van der Waals surface area contributed by atoms with Crippen LogP contribution in [0.1, 0.15) is 25.3 Å². The smallest absolute Gasteiger partial charge is 0.0638 e. The van der Waals surface area contributed by atoms with Gasteiger partial charge in [0.25, 0.3) is 0 Å². The van der Waals surface area contributed by atoms with E-state index >= 15 is 0 Å². The van der Waals surface area contributed by atoms with E-state index in [9.17, 15) is 0 Å². The van der Waals surface area contributed by atoms with Crippen molar-refractivity contribution in [2.45, 2.75) is 19.8 Å². The van der Waals surface area contributed by atoms with Crippen molar-refractivity contribution in [2.24, 2.45) is 0 Å². The van der Waals surface area contributed by atoms with Gasteiger partial charge < -0.3 is 0 Å². The topological polar surface area (TPSA) is 12.9 Å². The second-order valence-corrected chi connectivity index (χ2v) is 3.49. The summed E-state index contributed by atoms with van der Waals surface area (Å²) >= 11 is 11.8. The number of pyridine rings is 1. The van der Waals surface area contributed by atoms with E-state index in [1.807, 2.05) is 13.8 Å². The third-order valence-electron chi connectivity index (χ3n) is 1.47. The van der Waals surface area contributed by atoms with E-state index in [1.165, 1.54) is 0 Å². The molecule has 0 N–H and O–H groups in total. The van der Waals surface area contributed by atoms with Gasteiger partial charge in [0.1, 0.15) is 0 Å². The van der Waals surface area contributed by atoms with Crippen molar-refractivity contribution < 1.29 is 0 Å². The van der Waals surface area contributed by atoms with Crippen LogP contribution in [-0.2, 0) is 0 Å². The molecule has 1 aromatic heterocycles. The van der Waals surface area contributed by atoms with Crippen LogP contribution in [0.5, 0.6) is 0 Å². The van der Waals surface area contributed by atoms with E-state index in [4.69, 9.17) is 23.2 Å². The summed E-state index contributed by atoms with van der Waals surface area (Å²) in [7, 11) is 0. The number of nitrogens with zero attached hydrogens (tertiary/aromatic N) is 1. The van der Waals surface area contributed by atoms with Crippen molar-refractivity contribution in [1.29, 1.82) is 0 Å². The molecule has 0 aliphatic rings. The van der Waals surface area contributed by atoms with Gasteiger partial charge in [-0.15, -0.1) is 0 Å². The Balaban J connectivity index is 3.21. The summed E-state index contributed by atoms with van der Waals surface area (Å²) < 4.78 is 0. The van der Waals surface area contributed by atoms with Gasteiger partial charge in [-0.25, -0.2) is 0 Å². The normalized spacial score (nSPS) is 10.6. The zero-order valence-corrected chi connectivity index (χ0v) is 7.95. The lowest BCUT2D eigenvalue weighted by atomic mass is 10.1. The highest BCUT2D eigenvalue weighted by Crippen LogP contribution is 2.29. The first-order valence-corrected chi connectivity index (χ1v) is 4.17. The van der Waals surface area contributed by atoms with Gasteiger partial charge in [0, 0.05) is 12.4 Å². The Labute approximate surface area is 76.4 Å². The van der Waals surface area contributed by atoms with Crippen molar-refractivity contribution in [1.82, 2.24) is 4.98 Å². The first-order valence-electron chi connectivity index (χ1n) is 3.42. The van der Waals surface area contributed by atoms with Crippen LogP contribution in [0.15, 0.2) is 12.4 Å². The van der Waals surface area contributed by atoms with E-state index in [0.29, 0.717) is 16.0 Å². The minimum atomic E-state index is 0.345. The molecule has 0 atom stereocenters. The molecule has 60 valence electrons. The van der Waals surface area contributed by atoms with Crippen LogP contribution in [0.2, 0.25) is 10.0 Å². The molecule has 0 saturated carbocycles. The summed E-state index contributed by atoms with van der Waals surface area (Å²) in [6.45, 7) is 4.10. The maximum absolute atomic E-state index is 5.88. The minimum Gasteiger partial charge on any atom is -0.262 e. The molecule has 11 heavy (non-hydrogen) atoms. The van der Waals surface area contributed by atoms with Gasteiger partial charge in [0.2, 0.25) is 0 Å². The molecule has 0 aromatic carbocycles. The van der Waals surface area contributed by atoms with E-state index in [0.717, 1.165) is 5.56 Å². The van der Waals surface area contributed by atoms with E-state index in [-0.39, 0.29) is 0 Å². The Morgan fingerprint density at radius 1 is 1.18 bits per heavy atom. The third kappa shape index (κ3) is 1.85. The molecule has 1 heterocycles. The Hall–Kier alpha value is -0.270. The summed E-state index contributed by atoms with van der Waals surface area (Å²) in [4.78, 5) is 3.86. The predicted octanol–water partition coefficient (Wildman–Crippen LogP) is 3.51. The van der Waals surface area contributed by atoms with Gasteiger partial charge in [-0.3, -0.25) is 4.98 Å². The Morgan fingerprint density at radius 3 is 1.91 bits per heavy atom. The van der Waals surface area contributed by atoms with Gasteiger partial charge in [-0.2, -0.15) is 0 Å². The zero-order chi connectivity index (χ0) is 8.43. The van der Waals surface area contributed by atoms with Gasteiger partial charge >= 0.3 is 0 Å². The van der Waals surface area contributed by atoms with Crippen LogP contribution in [-0.4, -0.2) is 4.98 Å². The maximum Gasteiger partial charge on any atom is 0.0638 e. The number of hydrogen-bond donors (Lipinski definition) is 0. The van der Waals surface area contributed by atoms with Crippen molar-refractivity contribution >= 4 is 23.2 Å². The van der Waals surface area contributed by atoms with E-state index < -0.39 is 0 Å². The molecule has 1 rings (SSSR count). The summed E-state index contributed by atoms with van der Waals surface area (Å²) in [5.41, 5.74) is 0.975. The molecule has 0 aliphatic heterocycles. The SMILES string of the molecule is CC(C)c1c(Cl)cncc1Cl.